The van der Waals surface area contributed by atoms with Crippen LogP contribution in [0, 0.1) is 0 Å². The maximum Gasteiger partial charge on any atom is 0.217 e. The summed E-state index contributed by atoms with van der Waals surface area (Å²) in [6.45, 7) is 0. The van der Waals surface area contributed by atoms with E-state index in [1.807, 2.05) is 0 Å². The maximum absolute atomic E-state index is 12.0. The molecule has 0 amide bonds. The highest BCUT2D eigenvalue weighted by atomic mass is 16.1. The molecule has 0 atom stereocenters. The summed E-state index contributed by atoms with van der Waals surface area (Å²) in [6.07, 6.45) is 3.19. The molecule has 19 heavy (non-hydrogen) atoms. The van der Waals surface area contributed by atoms with Gasteiger partial charge in [0.15, 0.2) is 5.36 Å². The lowest BCUT2D eigenvalue weighted by molar-refractivity contribution is 1.19. The molecule has 0 bridgehead atoms. The van der Waals surface area contributed by atoms with Crippen molar-refractivity contribution in [1.29, 1.82) is 0 Å². The van der Waals surface area contributed by atoms with Crippen LogP contribution in [-0.2, 0) is 0 Å². The number of pyridine rings is 1. The van der Waals surface area contributed by atoms with Crippen molar-refractivity contribution in [3.8, 4) is 0 Å². The predicted octanol–water partition coefficient (Wildman–Crippen LogP) is 0.759. The lowest BCUT2D eigenvalue weighted by Gasteiger charge is -1.95. The molecule has 0 aliphatic rings. The van der Waals surface area contributed by atoms with E-state index in [0.717, 1.165) is 0 Å². The molecule has 0 saturated heterocycles. The first-order valence-electron chi connectivity index (χ1n) is 5.69. The van der Waals surface area contributed by atoms with Crippen LogP contribution < -0.4 is 21.6 Å². The van der Waals surface area contributed by atoms with Crippen molar-refractivity contribution in [2.24, 2.45) is 5.10 Å². The first-order valence-corrected chi connectivity index (χ1v) is 5.69. The number of rotatable bonds is 2. The fourth-order valence-corrected chi connectivity index (χ4v) is 1.89. The Hall–Kier alpha value is -2.82. The zero-order valence-corrected chi connectivity index (χ0v) is 9.83. The van der Waals surface area contributed by atoms with Gasteiger partial charge < -0.3 is 0 Å². The summed E-state index contributed by atoms with van der Waals surface area (Å²) >= 11 is 0. The van der Waals surface area contributed by atoms with Gasteiger partial charge in [-0.3, -0.25) is 20.0 Å². The third-order valence-electron chi connectivity index (χ3n) is 2.82. The van der Waals surface area contributed by atoms with Crippen molar-refractivity contribution in [3.63, 3.8) is 0 Å². The summed E-state index contributed by atoms with van der Waals surface area (Å²) in [5.74, 6) is 0. The Labute approximate surface area is 107 Å². The molecule has 0 aliphatic heterocycles. The van der Waals surface area contributed by atoms with Gasteiger partial charge in [-0.25, -0.2) is 0 Å². The quantitative estimate of drug-likeness (QED) is 0.682. The smallest absolute Gasteiger partial charge is 0.217 e. The number of aromatic nitrogens is 1. The van der Waals surface area contributed by atoms with Gasteiger partial charge in [-0.1, -0.05) is 24.3 Å². The van der Waals surface area contributed by atoms with Gasteiger partial charge in [0, 0.05) is 23.2 Å². The molecule has 3 rings (SSSR count). The predicted molar refractivity (Wildman–Crippen MR) is 72.3 cm³/mol. The van der Waals surface area contributed by atoms with Gasteiger partial charge in [-0.05, 0) is 12.1 Å². The standard InChI is InChI=1S/C14H9N3O2/c18-13-10-3-1-2-4-11(10)14(19)12(13)17-16-9-5-7-15-8-6-9/h1-8H,(H,15,16). The summed E-state index contributed by atoms with van der Waals surface area (Å²) in [5, 5.41) is 4.64. The van der Waals surface area contributed by atoms with Crippen LogP contribution in [-0.4, -0.2) is 4.98 Å². The molecule has 2 aromatic carbocycles. The second kappa shape index (κ2) is 4.45. The van der Waals surface area contributed by atoms with Crippen LogP contribution in [0.1, 0.15) is 0 Å². The number of fused-ring (bicyclic) bond motifs is 1. The van der Waals surface area contributed by atoms with Crippen LogP contribution in [0.4, 0.5) is 5.69 Å². The molecule has 0 saturated carbocycles. The molecule has 3 aromatic rings. The van der Waals surface area contributed by atoms with Crippen molar-refractivity contribution in [1.82, 2.24) is 4.98 Å². The van der Waals surface area contributed by atoms with Crippen molar-refractivity contribution >= 4 is 16.5 Å². The van der Waals surface area contributed by atoms with Gasteiger partial charge in [-0.15, -0.1) is 0 Å². The van der Waals surface area contributed by atoms with E-state index < -0.39 is 0 Å². The van der Waals surface area contributed by atoms with Crippen LogP contribution in [0.5, 0.6) is 0 Å². The number of nitrogens with zero attached hydrogens (tertiary/aromatic N) is 2. The zero-order valence-electron chi connectivity index (χ0n) is 9.83. The third-order valence-corrected chi connectivity index (χ3v) is 2.82. The Balaban J connectivity index is 2.16. The summed E-state index contributed by atoms with van der Waals surface area (Å²) in [5.41, 5.74) is 2.66. The first-order chi connectivity index (χ1) is 9.27. The van der Waals surface area contributed by atoms with Gasteiger partial charge >= 0.3 is 0 Å². The first kappa shape index (κ1) is 11.3. The van der Waals surface area contributed by atoms with Crippen LogP contribution >= 0.6 is 0 Å². The minimum atomic E-state index is -0.345. The van der Waals surface area contributed by atoms with Crippen LogP contribution in [0.25, 0.3) is 10.8 Å². The molecule has 0 spiro atoms. The second-order valence-corrected chi connectivity index (χ2v) is 4.01. The Bertz CT molecular complexity index is 828. The normalized spacial score (nSPS) is 10.5. The van der Waals surface area contributed by atoms with E-state index in [1.165, 1.54) is 0 Å². The lowest BCUT2D eigenvalue weighted by Crippen LogP contribution is -2.32. The minimum absolute atomic E-state index is 0.0852. The molecule has 0 radical (unpaired) electrons. The number of hydrogen-bond acceptors (Lipinski definition) is 5. The molecule has 92 valence electrons. The maximum atomic E-state index is 12.0. The van der Waals surface area contributed by atoms with E-state index in [2.05, 4.69) is 15.5 Å². The van der Waals surface area contributed by atoms with E-state index in [1.54, 1.807) is 48.8 Å². The largest absolute Gasteiger partial charge is 0.287 e. The number of nitrogens with one attached hydrogen (secondary N) is 1. The van der Waals surface area contributed by atoms with Crippen LogP contribution in [0.15, 0.2) is 63.5 Å². The summed E-state index contributed by atoms with van der Waals surface area (Å²) in [4.78, 5) is 27.9. The van der Waals surface area contributed by atoms with Crippen molar-refractivity contribution < 1.29 is 0 Å². The summed E-state index contributed by atoms with van der Waals surface area (Å²) in [6, 6.07) is 10.1. The molecule has 0 fully saturated rings. The molecule has 0 unspecified atom stereocenters. The molecular weight excluding hydrogens is 242 g/mol. The summed E-state index contributed by atoms with van der Waals surface area (Å²) < 4.78 is 0. The highest BCUT2D eigenvalue weighted by Gasteiger charge is 2.09. The van der Waals surface area contributed by atoms with E-state index in [0.29, 0.717) is 16.5 Å². The zero-order chi connectivity index (χ0) is 13.2. The fourth-order valence-electron chi connectivity index (χ4n) is 1.89. The SMILES string of the molecule is O=c1c(=NNc2ccncc2)c(=O)c2ccccc12. The Kier molecular flexibility index (Phi) is 2.64. The Morgan fingerprint density at radius 3 is 2.05 bits per heavy atom. The fraction of sp³-hybridized carbons (Fsp3) is 0. The van der Waals surface area contributed by atoms with E-state index in [4.69, 9.17) is 0 Å². The Morgan fingerprint density at radius 1 is 0.895 bits per heavy atom. The number of hydrogen-bond donors (Lipinski definition) is 1. The molecule has 1 aromatic heterocycles. The van der Waals surface area contributed by atoms with Crippen molar-refractivity contribution in [3.05, 3.63) is 74.6 Å². The molecule has 0 aliphatic carbocycles. The average molecular weight is 251 g/mol. The topological polar surface area (TPSA) is 71.4 Å². The lowest BCUT2D eigenvalue weighted by atomic mass is 10.2. The van der Waals surface area contributed by atoms with Gasteiger partial charge in [-0.2, -0.15) is 5.10 Å². The van der Waals surface area contributed by atoms with Crippen molar-refractivity contribution in [2.45, 2.75) is 0 Å². The number of benzene rings is 1. The van der Waals surface area contributed by atoms with E-state index in [-0.39, 0.29) is 16.2 Å². The molecule has 1 N–H and O–H groups in total. The van der Waals surface area contributed by atoms with Gasteiger partial charge in [0.1, 0.15) is 0 Å². The monoisotopic (exact) mass is 251 g/mol. The van der Waals surface area contributed by atoms with Gasteiger partial charge in [0.05, 0.1) is 5.69 Å². The molecule has 1 heterocycles. The molecule has 5 heteroatoms. The van der Waals surface area contributed by atoms with Gasteiger partial charge in [0.25, 0.3) is 0 Å². The van der Waals surface area contributed by atoms with Gasteiger partial charge in [0.2, 0.25) is 10.9 Å². The Morgan fingerprint density at radius 2 is 1.47 bits per heavy atom. The van der Waals surface area contributed by atoms with Crippen LogP contribution in [0.3, 0.4) is 0 Å². The highest BCUT2D eigenvalue weighted by molar-refractivity contribution is 5.83. The minimum Gasteiger partial charge on any atom is -0.287 e. The van der Waals surface area contributed by atoms with Crippen molar-refractivity contribution in [2.75, 3.05) is 5.43 Å². The average Bonchev–Trinajstić information content (AvgIpc) is 2.71. The third kappa shape index (κ3) is 1.91. The highest BCUT2D eigenvalue weighted by Crippen LogP contribution is 2.03. The molecular formula is C14H9N3O2. The van der Waals surface area contributed by atoms with Crippen LogP contribution in [0.2, 0.25) is 0 Å². The summed E-state index contributed by atoms with van der Waals surface area (Å²) in [7, 11) is 0. The van der Waals surface area contributed by atoms with E-state index >= 15 is 0 Å². The van der Waals surface area contributed by atoms with E-state index in [9.17, 15) is 9.59 Å². The molecule has 5 nitrogen and oxygen atoms in total. The number of anilines is 1. The second-order valence-electron chi connectivity index (χ2n) is 4.01.